The van der Waals surface area contributed by atoms with Crippen molar-refractivity contribution in [2.75, 3.05) is 0 Å². The van der Waals surface area contributed by atoms with Crippen LogP contribution in [0.25, 0.3) is 0 Å². The third-order valence-electron chi connectivity index (χ3n) is 12.1. The molecule has 4 saturated carbocycles. The summed E-state index contributed by atoms with van der Waals surface area (Å²) in [6.07, 6.45) is 20.2. The SMILES string of the molecule is CCCCC1CC([Si](C)(C2CCCCC2)C2C(C)C(C)C(C)C2C)C2CCCCC12. The summed E-state index contributed by atoms with van der Waals surface area (Å²) in [5, 5.41) is 0. The second-order valence-corrected chi connectivity index (χ2v) is 18.0. The minimum absolute atomic E-state index is 0.944. The summed E-state index contributed by atoms with van der Waals surface area (Å²) in [4.78, 5) is 0. The van der Waals surface area contributed by atoms with E-state index in [1.165, 1.54) is 24.8 Å². The van der Waals surface area contributed by atoms with Crippen molar-refractivity contribution in [1.82, 2.24) is 0 Å². The lowest BCUT2D eigenvalue weighted by atomic mass is 9.77. The first-order chi connectivity index (χ1) is 14.4. The molecule has 0 aromatic rings. The van der Waals surface area contributed by atoms with E-state index in [9.17, 15) is 0 Å². The Labute approximate surface area is 190 Å². The topological polar surface area (TPSA) is 0 Å². The van der Waals surface area contributed by atoms with Gasteiger partial charge in [-0.3, -0.25) is 0 Å². The lowest BCUT2D eigenvalue weighted by Gasteiger charge is -2.52. The summed E-state index contributed by atoms with van der Waals surface area (Å²) < 4.78 is 0. The molecule has 0 aromatic heterocycles. The molecule has 0 nitrogen and oxygen atoms in total. The van der Waals surface area contributed by atoms with Crippen molar-refractivity contribution in [1.29, 1.82) is 0 Å². The molecule has 0 N–H and O–H groups in total. The fourth-order valence-corrected chi connectivity index (χ4v) is 18.5. The van der Waals surface area contributed by atoms with Gasteiger partial charge in [0.15, 0.2) is 0 Å². The third kappa shape index (κ3) is 3.90. The van der Waals surface area contributed by atoms with Gasteiger partial charge in [-0.05, 0) is 70.9 Å². The first-order valence-corrected chi connectivity index (χ1v) is 17.1. The van der Waals surface area contributed by atoms with Gasteiger partial charge in [-0.2, -0.15) is 0 Å². The molecule has 9 unspecified atom stereocenters. The lowest BCUT2D eigenvalue weighted by molar-refractivity contribution is 0.216. The van der Waals surface area contributed by atoms with Crippen LogP contribution < -0.4 is 0 Å². The summed E-state index contributed by atoms with van der Waals surface area (Å²) in [7, 11) is -1.38. The zero-order valence-electron chi connectivity index (χ0n) is 21.5. The zero-order chi connectivity index (χ0) is 21.5. The molecule has 9 atom stereocenters. The fourth-order valence-electron chi connectivity index (χ4n) is 10.2. The number of unbranched alkanes of at least 4 members (excludes halogenated alkanes) is 1. The Balaban J connectivity index is 1.70. The fraction of sp³-hybridized carbons (Fsp3) is 1.00. The Hall–Kier alpha value is 0.217. The van der Waals surface area contributed by atoms with Gasteiger partial charge < -0.3 is 0 Å². The Morgan fingerprint density at radius 1 is 0.700 bits per heavy atom. The van der Waals surface area contributed by atoms with Crippen molar-refractivity contribution in [3.05, 3.63) is 0 Å². The van der Waals surface area contributed by atoms with Crippen LogP contribution in [-0.2, 0) is 0 Å². The van der Waals surface area contributed by atoms with Crippen LogP contribution in [0.2, 0.25) is 23.2 Å². The molecule has 0 radical (unpaired) electrons. The largest absolute Gasteiger partial charge is 0.0685 e. The van der Waals surface area contributed by atoms with Crippen molar-refractivity contribution < 1.29 is 0 Å². The van der Waals surface area contributed by atoms with E-state index < -0.39 is 8.07 Å². The predicted octanol–water partition coefficient (Wildman–Crippen LogP) is 9.71. The van der Waals surface area contributed by atoms with Crippen LogP contribution in [-0.4, -0.2) is 8.07 Å². The summed E-state index contributed by atoms with van der Waals surface area (Å²) in [6.45, 7) is 16.1. The Morgan fingerprint density at radius 2 is 1.27 bits per heavy atom. The van der Waals surface area contributed by atoms with Crippen molar-refractivity contribution in [3.63, 3.8) is 0 Å². The number of fused-ring (bicyclic) bond motifs is 1. The minimum Gasteiger partial charge on any atom is -0.0685 e. The number of rotatable bonds is 6. The van der Waals surface area contributed by atoms with Gasteiger partial charge >= 0.3 is 0 Å². The van der Waals surface area contributed by atoms with Gasteiger partial charge in [0.1, 0.15) is 0 Å². The van der Waals surface area contributed by atoms with E-state index in [2.05, 4.69) is 41.2 Å². The molecule has 4 fully saturated rings. The molecule has 0 bridgehead atoms. The van der Waals surface area contributed by atoms with Crippen LogP contribution in [0.5, 0.6) is 0 Å². The molecule has 1 heteroatoms. The van der Waals surface area contributed by atoms with Gasteiger partial charge in [0.25, 0.3) is 0 Å². The smallest absolute Gasteiger partial charge is 0.0606 e. The summed E-state index contributed by atoms with van der Waals surface area (Å²) in [6, 6.07) is 0. The summed E-state index contributed by atoms with van der Waals surface area (Å²) in [5.74, 6) is 7.19. The van der Waals surface area contributed by atoms with Crippen molar-refractivity contribution in [2.24, 2.45) is 41.4 Å². The predicted molar refractivity (Wildman–Crippen MR) is 136 cm³/mol. The molecule has 4 rings (SSSR count). The molecule has 4 aliphatic rings. The molecule has 0 spiro atoms. The lowest BCUT2D eigenvalue weighted by Crippen LogP contribution is -2.51. The van der Waals surface area contributed by atoms with Crippen molar-refractivity contribution in [3.8, 4) is 0 Å². The zero-order valence-corrected chi connectivity index (χ0v) is 22.5. The molecular weight excluding hydrogens is 376 g/mol. The molecule has 0 aliphatic heterocycles. The summed E-state index contributed by atoms with van der Waals surface area (Å²) in [5.41, 5.74) is 3.42. The Kier molecular flexibility index (Phi) is 7.48. The highest BCUT2D eigenvalue weighted by Crippen LogP contribution is 2.67. The van der Waals surface area contributed by atoms with Gasteiger partial charge in [0.2, 0.25) is 0 Å². The average Bonchev–Trinajstić information content (AvgIpc) is 3.24. The first-order valence-electron chi connectivity index (χ1n) is 14.4. The maximum atomic E-state index is 3.02. The molecule has 0 amide bonds. The van der Waals surface area contributed by atoms with E-state index in [1.807, 2.05) is 0 Å². The van der Waals surface area contributed by atoms with Crippen LogP contribution >= 0.6 is 0 Å². The molecule has 30 heavy (non-hydrogen) atoms. The Bertz CT molecular complexity index is 537. The highest BCUT2D eigenvalue weighted by Gasteiger charge is 2.61. The summed E-state index contributed by atoms with van der Waals surface area (Å²) >= 11 is 0. The van der Waals surface area contributed by atoms with E-state index in [4.69, 9.17) is 0 Å². The van der Waals surface area contributed by atoms with Crippen LogP contribution in [0.1, 0.15) is 118 Å². The molecule has 174 valence electrons. The van der Waals surface area contributed by atoms with Crippen molar-refractivity contribution >= 4 is 8.07 Å². The van der Waals surface area contributed by atoms with Crippen LogP contribution in [0.3, 0.4) is 0 Å². The molecule has 0 aromatic carbocycles. The van der Waals surface area contributed by atoms with Crippen LogP contribution in [0.4, 0.5) is 0 Å². The molecular formula is C29H54Si. The van der Waals surface area contributed by atoms with E-state index in [1.54, 1.807) is 64.2 Å². The second kappa shape index (κ2) is 9.60. The maximum Gasteiger partial charge on any atom is 0.0606 e. The second-order valence-electron chi connectivity index (χ2n) is 13.0. The van der Waals surface area contributed by atoms with Crippen molar-refractivity contribution in [2.45, 2.75) is 141 Å². The standard InChI is InChI=1S/C29H54Si/c1-7-8-14-24-19-28(27-18-13-12-17-26(24)27)30(6,25-15-10-9-11-16-25)29-22(4)20(2)21(3)23(29)5/h20-29H,7-19H2,1-6H3. The molecule has 0 heterocycles. The normalized spacial score (nSPS) is 47.2. The molecule has 4 aliphatic carbocycles. The van der Waals surface area contributed by atoms with E-state index in [0.717, 1.165) is 52.5 Å². The first kappa shape index (κ1) is 23.4. The van der Waals surface area contributed by atoms with E-state index in [-0.39, 0.29) is 0 Å². The highest BCUT2D eigenvalue weighted by molar-refractivity contribution is 6.83. The monoisotopic (exact) mass is 430 g/mol. The number of hydrogen-bond acceptors (Lipinski definition) is 0. The van der Waals surface area contributed by atoms with Gasteiger partial charge in [-0.1, -0.05) is 112 Å². The van der Waals surface area contributed by atoms with Crippen LogP contribution in [0.15, 0.2) is 0 Å². The van der Waals surface area contributed by atoms with Gasteiger partial charge in [-0.25, -0.2) is 0 Å². The molecule has 0 saturated heterocycles. The van der Waals surface area contributed by atoms with E-state index >= 15 is 0 Å². The maximum absolute atomic E-state index is 3.02. The third-order valence-corrected chi connectivity index (χ3v) is 19.2. The van der Waals surface area contributed by atoms with Gasteiger partial charge in [0.05, 0.1) is 8.07 Å². The van der Waals surface area contributed by atoms with Crippen LogP contribution in [0, 0.1) is 41.4 Å². The van der Waals surface area contributed by atoms with E-state index in [0.29, 0.717) is 0 Å². The highest BCUT2D eigenvalue weighted by atomic mass is 28.3. The quantitative estimate of drug-likeness (QED) is 0.368. The number of hydrogen-bond donors (Lipinski definition) is 0. The van der Waals surface area contributed by atoms with Gasteiger partial charge in [-0.15, -0.1) is 0 Å². The average molecular weight is 431 g/mol. The Morgan fingerprint density at radius 3 is 1.87 bits per heavy atom. The van der Waals surface area contributed by atoms with Gasteiger partial charge in [0, 0.05) is 0 Å². The minimum atomic E-state index is -1.38.